The first-order valence-corrected chi connectivity index (χ1v) is 8.16. The average Bonchev–Trinajstić information content (AvgIpc) is 2.77. The number of nitrogen functional groups attached to an aromatic ring is 1. The standard InChI is InChI=1S/C12H14ClN3O2S/c1-12(5-6-19(17,18)7-12)16-9-4-2-3-8(13)10(9)15-11(16)14/h2-4H,5-7H2,1H3,(H2,14,15). The van der Waals surface area contributed by atoms with Crippen LogP contribution in [0.5, 0.6) is 0 Å². The van der Waals surface area contributed by atoms with E-state index in [1.807, 2.05) is 19.1 Å². The second kappa shape index (κ2) is 3.86. The first-order valence-electron chi connectivity index (χ1n) is 5.96. The van der Waals surface area contributed by atoms with Crippen LogP contribution in [0.1, 0.15) is 13.3 Å². The number of anilines is 1. The molecule has 0 spiro atoms. The van der Waals surface area contributed by atoms with Crippen molar-refractivity contribution in [3.63, 3.8) is 0 Å². The van der Waals surface area contributed by atoms with Gasteiger partial charge in [-0.1, -0.05) is 17.7 Å². The molecule has 0 aliphatic carbocycles. The van der Waals surface area contributed by atoms with Crippen LogP contribution >= 0.6 is 11.6 Å². The van der Waals surface area contributed by atoms with Crippen molar-refractivity contribution in [3.8, 4) is 0 Å². The molecule has 0 amide bonds. The second-order valence-corrected chi connectivity index (χ2v) is 7.84. The maximum atomic E-state index is 11.8. The van der Waals surface area contributed by atoms with Gasteiger partial charge in [0.15, 0.2) is 9.84 Å². The number of sulfone groups is 1. The van der Waals surface area contributed by atoms with Gasteiger partial charge in [-0.3, -0.25) is 0 Å². The number of rotatable bonds is 1. The highest BCUT2D eigenvalue weighted by molar-refractivity contribution is 7.91. The molecule has 1 fully saturated rings. The number of aromatic nitrogens is 2. The van der Waals surface area contributed by atoms with E-state index in [-0.39, 0.29) is 11.5 Å². The lowest BCUT2D eigenvalue weighted by atomic mass is 10.0. The van der Waals surface area contributed by atoms with Crippen LogP contribution < -0.4 is 5.73 Å². The van der Waals surface area contributed by atoms with Gasteiger partial charge in [-0.05, 0) is 25.5 Å². The zero-order chi connectivity index (χ0) is 13.8. The first-order chi connectivity index (χ1) is 8.82. The summed E-state index contributed by atoms with van der Waals surface area (Å²) >= 11 is 6.10. The summed E-state index contributed by atoms with van der Waals surface area (Å²) in [5.74, 6) is 0.577. The highest BCUT2D eigenvalue weighted by Crippen LogP contribution is 2.37. The van der Waals surface area contributed by atoms with Crippen LogP contribution in [0.4, 0.5) is 5.95 Å². The Bertz CT molecular complexity index is 769. The molecule has 1 atom stereocenters. The summed E-state index contributed by atoms with van der Waals surface area (Å²) < 4.78 is 25.3. The fourth-order valence-corrected chi connectivity index (χ4v) is 5.15. The van der Waals surface area contributed by atoms with E-state index in [1.165, 1.54) is 0 Å². The Morgan fingerprint density at radius 3 is 2.84 bits per heavy atom. The molecule has 5 nitrogen and oxygen atoms in total. The molecule has 7 heteroatoms. The number of imidazole rings is 1. The number of halogens is 1. The van der Waals surface area contributed by atoms with Crippen LogP contribution in [0.2, 0.25) is 5.02 Å². The molecule has 1 aliphatic heterocycles. The van der Waals surface area contributed by atoms with Crippen molar-refractivity contribution < 1.29 is 8.42 Å². The molecule has 1 aromatic heterocycles. The van der Waals surface area contributed by atoms with Crippen LogP contribution in [0.3, 0.4) is 0 Å². The molecule has 1 saturated heterocycles. The van der Waals surface area contributed by atoms with E-state index in [1.54, 1.807) is 10.6 Å². The lowest BCUT2D eigenvalue weighted by molar-refractivity contribution is 0.381. The van der Waals surface area contributed by atoms with Gasteiger partial charge in [0, 0.05) is 0 Å². The van der Waals surface area contributed by atoms with Gasteiger partial charge < -0.3 is 10.3 Å². The number of fused-ring (bicyclic) bond motifs is 1. The highest BCUT2D eigenvalue weighted by Gasteiger charge is 2.41. The molecule has 0 saturated carbocycles. The fourth-order valence-electron chi connectivity index (χ4n) is 2.82. The monoisotopic (exact) mass is 299 g/mol. The summed E-state index contributed by atoms with van der Waals surface area (Å²) in [5, 5.41) is 0.521. The summed E-state index contributed by atoms with van der Waals surface area (Å²) in [4.78, 5) is 4.26. The third kappa shape index (κ3) is 1.90. The van der Waals surface area contributed by atoms with Crippen molar-refractivity contribution >= 4 is 38.4 Å². The molecular formula is C12H14ClN3O2S. The minimum absolute atomic E-state index is 0.0855. The molecule has 3 rings (SSSR count). The minimum Gasteiger partial charge on any atom is -0.369 e. The van der Waals surface area contributed by atoms with Gasteiger partial charge in [-0.2, -0.15) is 0 Å². The normalized spacial score (nSPS) is 26.0. The molecule has 102 valence electrons. The third-order valence-electron chi connectivity index (χ3n) is 3.68. The number of nitrogens with two attached hydrogens (primary N) is 1. The number of hydrogen-bond acceptors (Lipinski definition) is 4. The maximum Gasteiger partial charge on any atom is 0.201 e. The van der Waals surface area contributed by atoms with Crippen molar-refractivity contribution in [2.45, 2.75) is 18.9 Å². The minimum atomic E-state index is -3.01. The Morgan fingerprint density at radius 1 is 1.47 bits per heavy atom. The van der Waals surface area contributed by atoms with Crippen LogP contribution in [-0.2, 0) is 15.4 Å². The van der Waals surface area contributed by atoms with E-state index in [2.05, 4.69) is 4.98 Å². The van der Waals surface area contributed by atoms with Crippen molar-refractivity contribution in [2.75, 3.05) is 17.2 Å². The van der Waals surface area contributed by atoms with Crippen LogP contribution in [0, 0.1) is 0 Å². The Kier molecular flexibility index (Phi) is 2.59. The highest BCUT2D eigenvalue weighted by atomic mass is 35.5. The summed E-state index contributed by atoms with van der Waals surface area (Å²) in [6.07, 6.45) is 0.539. The van der Waals surface area contributed by atoms with E-state index < -0.39 is 15.4 Å². The topological polar surface area (TPSA) is 78.0 Å². The Labute approximate surface area is 116 Å². The lowest BCUT2D eigenvalue weighted by Crippen LogP contribution is -2.32. The number of benzene rings is 1. The quantitative estimate of drug-likeness (QED) is 0.871. The van der Waals surface area contributed by atoms with Gasteiger partial charge in [0.2, 0.25) is 5.95 Å². The zero-order valence-electron chi connectivity index (χ0n) is 10.4. The van der Waals surface area contributed by atoms with Crippen LogP contribution in [0.25, 0.3) is 11.0 Å². The summed E-state index contributed by atoms with van der Waals surface area (Å²) in [6, 6.07) is 5.42. The molecule has 1 aliphatic rings. The number of nitrogens with zero attached hydrogens (tertiary/aromatic N) is 2. The van der Waals surface area contributed by atoms with Gasteiger partial charge in [-0.25, -0.2) is 13.4 Å². The Balaban J connectivity index is 2.27. The second-order valence-electron chi connectivity index (χ2n) is 5.25. The predicted molar refractivity (Wildman–Crippen MR) is 76.1 cm³/mol. The van der Waals surface area contributed by atoms with Crippen molar-refractivity contribution in [3.05, 3.63) is 23.2 Å². The Hall–Kier alpha value is -1.27. The van der Waals surface area contributed by atoms with Crippen LogP contribution in [0.15, 0.2) is 18.2 Å². The SMILES string of the molecule is CC1(n2c(N)nc3c(Cl)cccc32)CCS(=O)(=O)C1. The van der Waals surface area contributed by atoms with Gasteiger partial charge in [-0.15, -0.1) is 0 Å². The zero-order valence-corrected chi connectivity index (χ0v) is 12.0. The Morgan fingerprint density at radius 2 is 2.21 bits per heavy atom. The fraction of sp³-hybridized carbons (Fsp3) is 0.417. The van der Waals surface area contributed by atoms with E-state index in [4.69, 9.17) is 17.3 Å². The largest absolute Gasteiger partial charge is 0.369 e. The average molecular weight is 300 g/mol. The lowest BCUT2D eigenvalue weighted by Gasteiger charge is -2.26. The van der Waals surface area contributed by atoms with E-state index >= 15 is 0 Å². The molecule has 0 bridgehead atoms. The smallest absolute Gasteiger partial charge is 0.201 e. The van der Waals surface area contributed by atoms with Crippen molar-refractivity contribution in [1.29, 1.82) is 0 Å². The van der Waals surface area contributed by atoms with Gasteiger partial charge >= 0.3 is 0 Å². The molecule has 2 N–H and O–H groups in total. The van der Waals surface area contributed by atoms with E-state index in [9.17, 15) is 8.42 Å². The molecular weight excluding hydrogens is 286 g/mol. The predicted octanol–water partition coefficient (Wildman–Crippen LogP) is 1.81. The van der Waals surface area contributed by atoms with E-state index in [0.29, 0.717) is 22.9 Å². The molecule has 19 heavy (non-hydrogen) atoms. The van der Waals surface area contributed by atoms with Crippen molar-refractivity contribution in [2.24, 2.45) is 0 Å². The maximum absolute atomic E-state index is 11.8. The van der Waals surface area contributed by atoms with Gasteiger partial charge in [0.1, 0.15) is 5.52 Å². The van der Waals surface area contributed by atoms with Gasteiger partial charge in [0.25, 0.3) is 0 Å². The molecule has 0 radical (unpaired) electrons. The number of para-hydroxylation sites is 1. The molecule has 1 aromatic carbocycles. The third-order valence-corrected chi connectivity index (χ3v) is 5.88. The molecule has 2 heterocycles. The summed E-state index contributed by atoms with van der Waals surface area (Å²) in [6.45, 7) is 1.90. The summed E-state index contributed by atoms with van der Waals surface area (Å²) in [5.41, 5.74) is 6.82. The summed E-state index contributed by atoms with van der Waals surface area (Å²) in [7, 11) is -3.01. The first kappa shape index (κ1) is 12.7. The van der Waals surface area contributed by atoms with Crippen LogP contribution in [-0.4, -0.2) is 29.5 Å². The van der Waals surface area contributed by atoms with Gasteiger partial charge in [0.05, 0.1) is 27.6 Å². The molecule has 1 unspecified atom stereocenters. The molecule has 2 aromatic rings. The van der Waals surface area contributed by atoms with E-state index in [0.717, 1.165) is 5.52 Å². The number of hydrogen-bond donors (Lipinski definition) is 1. The van der Waals surface area contributed by atoms with Crippen molar-refractivity contribution in [1.82, 2.24) is 9.55 Å².